The van der Waals surface area contributed by atoms with Gasteiger partial charge >= 0.3 is 0 Å². The predicted molar refractivity (Wildman–Crippen MR) is 73.8 cm³/mol. The number of hydrogen-bond acceptors (Lipinski definition) is 2. The average Bonchev–Trinajstić information content (AvgIpc) is 2.34. The molecule has 0 aliphatic carbocycles. The van der Waals surface area contributed by atoms with Gasteiger partial charge in [-0.15, -0.1) is 0 Å². The first-order valence-electron chi connectivity index (χ1n) is 5.09. The molecule has 0 fully saturated rings. The molecule has 2 rings (SSSR count). The lowest BCUT2D eigenvalue weighted by Gasteiger charge is -2.07. The van der Waals surface area contributed by atoms with Crippen molar-refractivity contribution in [3.8, 4) is 11.5 Å². The predicted octanol–water partition coefficient (Wildman–Crippen LogP) is 3.91. The maximum Gasteiger partial charge on any atom is 0.145 e. The molecule has 2 nitrogen and oxygen atoms in total. The Morgan fingerprint density at radius 3 is 2.28 bits per heavy atom. The van der Waals surface area contributed by atoms with E-state index in [2.05, 4.69) is 0 Å². The average molecular weight is 282 g/mol. The van der Waals surface area contributed by atoms with Gasteiger partial charge in [0.1, 0.15) is 22.3 Å². The summed E-state index contributed by atoms with van der Waals surface area (Å²) in [5.41, 5.74) is 6.23. The third-order valence-corrected chi connectivity index (χ3v) is 2.81. The summed E-state index contributed by atoms with van der Waals surface area (Å²) in [7, 11) is 0. The van der Waals surface area contributed by atoms with Gasteiger partial charge in [0.2, 0.25) is 0 Å². The van der Waals surface area contributed by atoms with Crippen molar-refractivity contribution in [1.29, 1.82) is 0 Å². The summed E-state index contributed by atoms with van der Waals surface area (Å²) in [6.07, 6.45) is 0. The van der Waals surface area contributed by atoms with Gasteiger partial charge < -0.3 is 10.5 Å². The molecule has 2 aromatic carbocycles. The maximum absolute atomic E-state index is 13.2. The lowest BCUT2D eigenvalue weighted by molar-refractivity contribution is 0.477. The van der Waals surface area contributed by atoms with Crippen molar-refractivity contribution in [3.05, 3.63) is 58.9 Å². The van der Waals surface area contributed by atoms with Crippen molar-refractivity contribution in [2.45, 2.75) is 0 Å². The lowest BCUT2D eigenvalue weighted by atomic mass is 10.2. The van der Waals surface area contributed by atoms with Gasteiger partial charge in [0.15, 0.2) is 0 Å². The molecule has 0 atom stereocenters. The highest BCUT2D eigenvalue weighted by atomic mass is 35.5. The molecule has 0 aromatic heterocycles. The van der Waals surface area contributed by atoms with Gasteiger partial charge in [0, 0.05) is 11.6 Å². The van der Waals surface area contributed by atoms with Crippen molar-refractivity contribution < 1.29 is 9.13 Å². The summed E-state index contributed by atoms with van der Waals surface area (Å²) in [5, 5.41) is 0.0613. The topological polar surface area (TPSA) is 35.2 Å². The Morgan fingerprint density at radius 1 is 1.11 bits per heavy atom. The van der Waals surface area contributed by atoms with E-state index in [4.69, 9.17) is 34.3 Å². The summed E-state index contributed by atoms with van der Waals surface area (Å²) in [5.74, 6) is 0.422. The first-order valence-corrected chi connectivity index (χ1v) is 5.87. The Bertz CT molecular complexity index is 586. The number of nitrogens with two attached hydrogens (primary N) is 1. The van der Waals surface area contributed by atoms with Gasteiger partial charge in [-0.25, -0.2) is 4.39 Å². The standard InChI is InChI=1S/C13H9ClFNOS/c14-11-6-5-10(7-12(11)15)17-9-3-1-8(2-4-9)13(16)18/h1-7H,(H2,16,18). The van der Waals surface area contributed by atoms with E-state index in [1.807, 2.05) is 0 Å². The van der Waals surface area contributed by atoms with Crippen molar-refractivity contribution in [2.75, 3.05) is 0 Å². The fraction of sp³-hybridized carbons (Fsp3) is 0. The van der Waals surface area contributed by atoms with E-state index in [-0.39, 0.29) is 5.02 Å². The Kier molecular flexibility index (Phi) is 3.79. The van der Waals surface area contributed by atoms with Crippen LogP contribution in [0.1, 0.15) is 5.56 Å². The van der Waals surface area contributed by atoms with Crippen LogP contribution < -0.4 is 10.5 Å². The van der Waals surface area contributed by atoms with Crippen LogP contribution in [-0.2, 0) is 0 Å². The number of hydrogen-bond donors (Lipinski definition) is 1. The summed E-state index contributed by atoms with van der Waals surface area (Å²) in [6, 6.07) is 11.2. The molecule has 0 radical (unpaired) electrons. The zero-order chi connectivity index (χ0) is 13.1. The summed E-state index contributed by atoms with van der Waals surface area (Å²) in [4.78, 5) is 0.319. The van der Waals surface area contributed by atoms with Crippen LogP contribution in [0.5, 0.6) is 11.5 Å². The van der Waals surface area contributed by atoms with Crippen LogP contribution in [0.2, 0.25) is 5.02 Å². The molecule has 0 heterocycles. The molecule has 0 aliphatic heterocycles. The van der Waals surface area contributed by atoms with E-state index < -0.39 is 5.82 Å². The second kappa shape index (κ2) is 5.33. The molecule has 0 unspecified atom stereocenters. The molecular formula is C13H9ClFNOS. The fourth-order valence-corrected chi connectivity index (χ4v) is 1.62. The van der Waals surface area contributed by atoms with E-state index in [0.717, 1.165) is 5.56 Å². The number of ether oxygens (including phenoxy) is 1. The van der Waals surface area contributed by atoms with Crippen LogP contribution in [-0.4, -0.2) is 4.99 Å². The Morgan fingerprint density at radius 2 is 1.72 bits per heavy atom. The number of rotatable bonds is 3. The van der Waals surface area contributed by atoms with Crippen molar-refractivity contribution >= 4 is 28.8 Å². The fourth-order valence-electron chi connectivity index (χ4n) is 1.36. The van der Waals surface area contributed by atoms with Gasteiger partial charge in [-0.2, -0.15) is 0 Å². The highest BCUT2D eigenvalue weighted by Gasteiger charge is 2.03. The second-order valence-corrected chi connectivity index (χ2v) is 4.41. The highest BCUT2D eigenvalue weighted by Crippen LogP contribution is 2.25. The van der Waals surface area contributed by atoms with Gasteiger partial charge in [-0.1, -0.05) is 23.8 Å². The van der Waals surface area contributed by atoms with E-state index in [0.29, 0.717) is 16.5 Å². The largest absolute Gasteiger partial charge is 0.457 e. The normalized spacial score (nSPS) is 10.1. The molecule has 2 aromatic rings. The second-order valence-electron chi connectivity index (χ2n) is 3.57. The molecule has 0 aliphatic rings. The van der Waals surface area contributed by atoms with Gasteiger partial charge in [0.25, 0.3) is 0 Å². The zero-order valence-electron chi connectivity index (χ0n) is 9.19. The molecule has 0 spiro atoms. The van der Waals surface area contributed by atoms with Crippen LogP contribution in [0.4, 0.5) is 4.39 Å². The lowest BCUT2D eigenvalue weighted by Crippen LogP contribution is -2.08. The van der Waals surface area contributed by atoms with Crippen LogP contribution in [0.25, 0.3) is 0 Å². The van der Waals surface area contributed by atoms with Crippen LogP contribution >= 0.6 is 23.8 Å². The monoisotopic (exact) mass is 281 g/mol. The zero-order valence-corrected chi connectivity index (χ0v) is 10.8. The van der Waals surface area contributed by atoms with E-state index in [1.165, 1.54) is 12.1 Å². The molecule has 0 bridgehead atoms. The number of halogens is 2. The Balaban J connectivity index is 2.18. The minimum absolute atomic E-state index is 0.0613. The molecule has 18 heavy (non-hydrogen) atoms. The van der Waals surface area contributed by atoms with Crippen molar-refractivity contribution in [2.24, 2.45) is 5.73 Å². The first kappa shape index (κ1) is 12.8. The summed E-state index contributed by atoms with van der Waals surface area (Å²) < 4.78 is 18.7. The van der Waals surface area contributed by atoms with Gasteiger partial charge in [0.05, 0.1) is 5.02 Å². The maximum atomic E-state index is 13.2. The SMILES string of the molecule is NC(=S)c1ccc(Oc2ccc(Cl)c(F)c2)cc1. The van der Waals surface area contributed by atoms with Crippen LogP contribution in [0, 0.1) is 5.82 Å². The Labute approximate surface area is 114 Å². The van der Waals surface area contributed by atoms with Crippen LogP contribution in [0.3, 0.4) is 0 Å². The smallest absolute Gasteiger partial charge is 0.145 e. The van der Waals surface area contributed by atoms with Crippen molar-refractivity contribution in [1.82, 2.24) is 0 Å². The molecular weight excluding hydrogens is 273 g/mol. The Hall–Kier alpha value is -1.65. The quantitative estimate of drug-likeness (QED) is 0.867. The van der Waals surface area contributed by atoms with Crippen molar-refractivity contribution in [3.63, 3.8) is 0 Å². The molecule has 2 N–H and O–H groups in total. The third-order valence-electron chi connectivity index (χ3n) is 2.27. The van der Waals surface area contributed by atoms with Gasteiger partial charge in [-0.05, 0) is 36.4 Å². The number of thiocarbonyl (C=S) groups is 1. The molecule has 0 saturated carbocycles. The van der Waals surface area contributed by atoms with E-state index in [1.54, 1.807) is 30.3 Å². The molecule has 5 heteroatoms. The van der Waals surface area contributed by atoms with Crippen LogP contribution in [0.15, 0.2) is 42.5 Å². The molecule has 0 amide bonds. The minimum Gasteiger partial charge on any atom is -0.457 e. The minimum atomic E-state index is -0.520. The molecule has 0 saturated heterocycles. The first-order chi connectivity index (χ1) is 8.56. The third kappa shape index (κ3) is 2.97. The van der Waals surface area contributed by atoms with E-state index >= 15 is 0 Å². The highest BCUT2D eigenvalue weighted by molar-refractivity contribution is 7.80. The summed E-state index contributed by atoms with van der Waals surface area (Å²) >= 11 is 10.4. The molecule has 92 valence electrons. The van der Waals surface area contributed by atoms with E-state index in [9.17, 15) is 4.39 Å². The number of benzene rings is 2. The summed E-state index contributed by atoms with van der Waals surface area (Å²) in [6.45, 7) is 0. The van der Waals surface area contributed by atoms with Gasteiger partial charge in [-0.3, -0.25) is 0 Å².